The molecule has 2 aromatic carbocycles. The monoisotopic (exact) mass is 595 g/mol. The molecule has 3 N–H and O–H groups in total. The van der Waals surface area contributed by atoms with Gasteiger partial charge < -0.3 is 30.2 Å². The lowest BCUT2D eigenvalue weighted by Gasteiger charge is -2.36. The summed E-state index contributed by atoms with van der Waals surface area (Å²) < 4.78 is 16.9. The first kappa shape index (κ1) is 33.6. The zero-order chi connectivity index (χ0) is 31.7. The van der Waals surface area contributed by atoms with Gasteiger partial charge in [0.05, 0.1) is 20.3 Å². The molecule has 10 heteroatoms. The number of nitrogens with one attached hydrogen (secondary N) is 1. The highest BCUT2D eigenvalue weighted by Gasteiger charge is 2.41. The number of esters is 1. The molecule has 1 aliphatic rings. The Morgan fingerprint density at radius 1 is 1.05 bits per heavy atom. The number of nitrogens with two attached hydrogens (primary N) is 1. The van der Waals surface area contributed by atoms with Crippen LogP contribution in [0.25, 0.3) is 0 Å². The van der Waals surface area contributed by atoms with E-state index in [1.54, 1.807) is 53.2 Å². The Morgan fingerprint density at radius 2 is 1.77 bits per heavy atom. The number of nitrogens with zero attached hydrogens (tertiary/aromatic N) is 1. The lowest BCUT2D eigenvalue weighted by atomic mass is 9.84. The molecular formula is C33H45N3O7. The summed E-state index contributed by atoms with van der Waals surface area (Å²) >= 11 is 0. The molecule has 0 aliphatic carbocycles. The maximum atomic E-state index is 13.7. The van der Waals surface area contributed by atoms with Gasteiger partial charge in [-0.1, -0.05) is 39.0 Å². The number of rotatable bonds is 13. The number of carbonyl (C=O) groups is 4. The number of Topliss-reactive ketones (excluding diaryl/α,β-unsaturated/α-hetero) is 1. The van der Waals surface area contributed by atoms with Gasteiger partial charge in [0, 0.05) is 17.6 Å². The lowest BCUT2D eigenvalue weighted by Crippen LogP contribution is -2.53. The van der Waals surface area contributed by atoms with Gasteiger partial charge in [0.25, 0.3) is 5.91 Å². The highest BCUT2D eigenvalue weighted by Crippen LogP contribution is 2.32. The van der Waals surface area contributed by atoms with Crippen molar-refractivity contribution >= 4 is 29.3 Å². The summed E-state index contributed by atoms with van der Waals surface area (Å²) in [7, 11) is 3.14. The van der Waals surface area contributed by atoms with Crippen LogP contribution in [-0.4, -0.2) is 61.3 Å². The van der Waals surface area contributed by atoms with Crippen LogP contribution in [0.5, 0.6) is 11.5 Å². The van der Waals surface area contributed by atoms with Crippen molar-refractivity contribution < 1.29 is 33.4 Å². The van der Waals surface area contributed by atoms with Gasteiger partial charge >= 0.3 is 5.97 Å². The van der Waals surface area contributed by atoms with Crippen molar-refractivity contribution in [2.75, 3.05) is 26.1 Å². The molecule has 2 amide bonds. The van der Waals surface area contributed by atoms with Gasteiger partial charge in [0.2, 0.25) is 11.7 Å². The lowest BCUT2D eigenvalue weighted by molar-refractivity contribution is -0.164. The molecule has 0 saturated carbocycles. The number of hydrogen-bond acceptors (Lipinski definition) is 8. The molecule has 10 nitrogen and oxygen atoms in total. The van der Waals surface area contributed by atoms with E-state index in [0.717, 1.165) is 12.0 Å². The van der Waals surface area contributed by atoms with E-state index < -0.39 is 41.3 Å². The SMILES string of the molecule is CCC(C)(C)C(=O)C(=O)N1CCCC[C@H]1C(=O)O[C@H](CCc1ccc(OC)c(OC)c1)c1cccc(NC(=O)[C@H](C)N)c1. The van der Waals surface area contributed by atoms with Crippen molar-refractivity contribution in [2.45, 2.75) is 84.4 Å². The fourth-order valence-electron chi connectivity index (χ4n) is 4.92. The maximum Gasteiger partial charge on any atom is 0.329 e. The van der Waals surface area contributed by atoms with Gasteiger partial charge in [-0.25, -0.2) is 4.79 Å². The molecule has 2 aromatic rings. The number of ketones is 1. The second kappa shape index (κ2) is 15.0. The third-order valence-electron chi connectivity index (χ3n) is 8.07. The molecule has 234 valence electrons. The van der Waals surface area contributed by atoms with E-state index >= 15 is 0 Å². The molecule has 3 rings (SSSR count). The second-order valence-electron chi connectivity index (χ2n) is 11.6. The van der Waals surface area contributed by atoms with E-state index in [-0.39, 0.29) is 5.91 Å². The highest BCUT2D eigenvalue weighted by atomic mass is 16.5. The zero-order valence-electron chi connectivity index (χ0n) is 26.1. The summed E-state index contributed by atoms with van der Waals surface area (Å²) in [6, 6.07) is 11.1. The van der Waals surface area contributed by atoms with E-state index in [1.165, 1.54) is 4.90 Å². The molecule has 1 saturated heterocycles. The molecule has 0 bridgehead atoms. The van der Waals surface area contributed by atoms with Gasteiger partial charge in [-0.3, -0.25) is 14.4 Å². The van der Waals surface area contributed by atoms with Crippen molar-refractivity contribution in [1.82, 2.24) is 4.90 Å². The van der Waals surface area contributed by atoms with Crippen molar-refractivity contribution in [1.29, 1.82) is 0 Å². The summed E-state index contributed by atoms with van der Waals surface area (Å²) in [6.45, 7) is 7.26. The Hall–Kier alpha value is -3.92. The van der Waals surface area contributed by atoms with Gasteiger partial charge in [0.1, 0.15) is 12.1 Å². The number of carbonyl (C=O) groups excluding carboxylic acids is 4. The predicted molar refractivity (Wildman–Crippen MR) is 164 cm³/mol. The van der Waals surface area contributed by atoms with Crippen LogP contribution in [-0.2, 0) is 30.3 Å². The topological polar surface area (TPSA) is 137 Å². The van der Waals surface area contributed by atoms with Crippen LogP contribution in [0, 0.1) is 5.41 Å². The average Bonchev–Trinajstić information content (AvgIpc) is 3.01. The zero-order valence-corrected chi connectivity index (χ0v) is 26.1. The van der Waals surface area contributed by atoms with Crippen LogP contribution in [0.1, 0.15) is 77.0 Å². The summed E-state index contributed by atoms with van der Waals surface area (Å²) in [4.78, 5) is 53.7. The Kier molecular flexibility index (Phi) is 11.7. The second-order valence-corrected chi connectivity index (χ2v) is 11.6. The van der Waals surface area contributed by atoms with Crippen LogP contribution in [0.4, 0.5) is 5.69 Å². The van der Waals surface area contributed by atoms with Crippen molar-refractivity contribution in [3.8, 4) is 11.5 Å². The average molecular weight is 596 g/mol. The van der Waals surface area contributed by atoms with Gasteiger partial charge in [0.15, 0.2) is 11.5 Å². The number of ether oxygens (including phenoxy) is 3. The number of aryl methyl sites for hydroxylation is 1. The molecule has 0 unspecified atom stereocenters. The van der Waals surface area contributed by atoms with Crippen LogP contribution in [0.2, 0.25) is 0 Å². The number of hydrogen-bond donors (Lipinski definition) is 2. The molecular weight excluding hydrogens is 550 g/mol. The number of likely N-dealkylation sites (tertiary alicyclic amines) is 1. The summed E-state index contributed by atoms with van der Waals surface area (Å²) in [5.41, 5.74) is 7.04. The molecule has 1 heterocycles. The first-order valence-corrected chi connectivity index (χ1v) is 14.8. The minimum Gasteiger partial charge on any atom is -0.493 e. The van der Waals surface area contributed by atoms with Crippen molar-refractivity contribution in [3.05, 3.63) is 53.6 Å². The molecule has 0 radical (unpaired) electrons. The first-order valence-electron chi connectivity index (χ1n) is 14.8. The standard InChI is InChI=1S/C33H45N3O7/c1-7-33(3,4)29(37)31(39)36-18-9-8-13-25(36)32(40)43-26(16-14-22-15-17-27(41-5)28(19-22)42-6)23-11-10-12-24(20-23)35-30(38)21(2)34/h10-12,15,17,19-21,25-26H,7-9,13-14,16,18,34H2,1-6H3,(H,35,38)/t21-,25-,26+/m0/s1. The van der Waals surface area contributed by atoms with Gasteiger partial charge in [-0.2, -0.15) is 0 Å². The Bertz CT molecular complexity index is 1310. The Morgan fingerprint density at radius 3 is 2.42 bits per heavy atom. The van der Waals surface area contributed by atoms with Crippen LogP contribution in [0.15, 0.2) is 42.5 Å². The Balaban J connectivity index is 1.89. The van der Waals surface area contributed by atoms with Crippen LogP contribution < -0.4 is 20.5 Å². The summed E-state index contributed by atoms with van der Waals surface area (Å²) in [5, 5.41) is 2.78. The molecule has 1 fully saturated rings. The third kappa shape index (κ3) is 8.56. The quantitative estimate of drug-likeness (QED) is 0.253. The fourth-order valence-corrected chi connectivity index (χ4v) is 4.92. The number of piperidine rings is 1. The molecule has 43 heavy (non-hydrogen) atoms. The predicted octanol–water partition coefficient (Wildman–Crippen LogP) is 4.59. The van der Waals surface area contributed by atoms with E-state index in [4.69, 9.17) is 19.9 Å². The minimum atomic E-state index is -0.859. The maximum absolute atomic E-state index is 13.7. The van der Waals surface area contributed by atoms with Crippen molar-refractivity contribution in [3.63, 3.8) is 0 Å². The van der Waals surface area contributed by atoms with E-state index in [9.17, 15) is 19.2 Å². The number of benzene rings is 2. The van der Waals surface area contributed by atoms with Gasteiger partial charge in [-0.05, 0) is 80.8 Å². The van der Waals surface area contributed by atoms with E-state index in [2.05, 4.69) is 5.32 Å². The third-order valence-corrected chi connectivity index (χ3v) is 8.07. The van der Waals surface area contributed by atoms with Crippen molar-refractivity contribution in [2.24, 2.45) is 11.1 Å². The van der Waals surface area contributed by atoms with Gasteiger partial charge in [-0.15, -0.1) is 0 Å². The molecule has 1 aliphatic heterocycles. The number of anilines is 1. The first-order chi connectivity index (χ1) is 20.4. The van der Waals surface area contributed by atoms with Crippen LogP contribution in [0.3, 0.4) is 0 Å². The molecule has 0 aromatic heterocycles. The summed E-state index contributed by atoms with van der Waals surface area (Å²) in [5.74, 6) is -0.849. The van der Waals surface area contributed by atoms with E-state index in [0.29, 0.717) is 61.4 Å². The number of methoxy groups -OCH3 is 2. The molecule has 0 spiro atoms. The summed E-state index contributed by atoms with van der Waals surface area (Å²) in [6.07, 6.45) is 2.61. The largest absolute Gasteiger partial charge is 0.493 e. The Labute approximate surface area is 254 Å². The minimum absolute atomic E-state index is 0.319. The normalized spacial score (nSPS) is 16.5. The molecule has 3 atom stereocenters. The van der Waals surface area contributed by atoms with E-state index in [1.807, 2.05) is 31.2 Å². The smallest absolute Gasteiger partial charge is 0.329 e. The highest BCUT2D eigenvalue weighted by molar-refractivity contribution is 6.38. The number of amides is 2. The fraction of sp³-hybridized carbons (Fsp3) is 0.515. The van der Waals surface area contributed by atoms with Crippen LogP contribution >= 0.6 is 0 Å².